The summed E-state index contributed by atoms with van der Waals surface area (Å²) in [6, 6.07) is 26.4. The van der Waals surface area contributed by atoms with E-state index >= 15 is 0 Å². The molecule has 0 aliphatic heterocycles. The third kappa shape index (κ3) is 2.09. The first-order chi connectivity index (χ1) is 13.4. The molecular formula is C24H14N3. The first kappa shape index (κ1) is 14.4. The maximum absolute atomic E-state index is 4.68. The van der Waals surface area contributed by atoms with E-state index in [0.717, 1.165) is 44.0 Å². The SMILES string of the molecule is [c]1c(-c2nccc3c2[nH]c2ccccc23)ccc2ncc3ccccc3c12. The van der Waals surface area contributed by atoms with Gasteiger partial charge in [0.1, 0.15) is 0 Å². The monoisotopic (exact) mass is 344 g/mol. The van der Waals surface area contributed by atoms with Crippen LogP contribution >= 0.6 is 0 Å². The van der Waals surface area contributed by atoms with Gasteiger partial charge in [-0.2, -0.15) is 0 Å². The number of nitrogens with one attached hydrogen (secondary N) is 1. The Morgan fingerprint density at radius 3 is 2.56 bits per heavy atom. The molecule has 125 valence electrons. The number of aromatic nitrogens is 3. The fraction of sp³-hybridized carbons (Fsp3) is 0. The summed E-state index contributed by atoms with van der Waals surface area (Å²) in [6.45, 7) is 0. The van der Waals surface area contributed by atoms with Crippen LogP contribution in [0, 0.1) is 6.07 Å². The van der Waals surface area contributed by atoms with Crippen LogP contribution in [0.1, 0.15) is 0 Å². The van der Waals surface area contributed by atoms with Crippen LogP contribution in [-0.4, -0.2) is 15.0 Å². The number of nitrogens with zero attached hydrogens (tertiary/aromatic N) is 2. The van der Waals surface area contributed by atoms with Crippen molar-refractivity contribution in [3.63, 3.8) is 0 Å². The number of para-hydroxylation sites is 1. The zero-order valence-electron chi connectivity index (χ0n) is 14.4. The first-order valence-electron chi connectivity index (χ1n) is 8.94. The van der Waals surface area contributed by atoms with Crippen LogP contribution in [0.3, 0.4) is 0 Å². The summed E-state index contributed by atoms with van der Waals surface area (Å²) in [5.41, 5.74) is 5.00. The van der Waals surface area contributed by atoms with Gasteiger partial charge in [-0.15, -0.1) is 0 Å². The number of rotatable bonds is 1. The zero-order chi connectivity index (χ0) is 17.8. The Kier molecular flexibility index (Phi) is 2.88. The lowest BCUT2D eigenvalue weighted by atomic mass is 10.0. The maximum Gasteiger partial charge on any atom is 0.0949 e. The van der Waals surface area contributed by atoms with Crippen molar-refractivity contribution in [3.8, 4) is 11.3 Å². The van der Waals surface area contributed by atoms with E-state index in [2.05, 4.69) is 75.6 Å². The smallest absolute Gasteiger partial charge is 0.0949 e. The van der Waals surface area contributed by atoms with Gasteiger partial charge in [0.25, 0.3) is 0 Å². The molecular weight excluding hydrogens is 330 g/mol. The molecule has 3 aromatic heterocycles. The number of fused-ring (bicyclic) bond motifs is 6. The normalized spacial score (nSPS) is 11.7. The lowest BCUT2D eigenvalue weighted by Gasteiger charge is -2.06. The average molecular weight is 344 g/mol. The lowest BCUT2D eigenvalue weighted by Crippen LogP contribution is -1.88. The molecule has 6 rings (SSSR count). The van der Waals surface area contributed by atoms with E-state index < -0.39 is 0 Å². The Morgan fingerprint density at radius 1 is 0.741 bits per heavy atom. The molecule has 27 heavy (non-hydrogen) atoms. The third-order valence-corrected chi connectivity index (χ3v) is 5.18. The Morgan fingerprint density at radius 2 is 1.59 bits per heavy atom. The predicted octanol–water partition coefficient (Wildman–Crippen LogP) is 5.88. The number of benzene rings is 3. The van der Waals surface area contributed by atoms with Crippen molar-refractivity contribution in [1.82, 2.24) is 15.0 Å². The minimum Gasteiger partial charge on any atom is -0.353 e. The van der Waals surface area contributed by atoms with E-state index in [1.165, 1.54) is 10.8 Å². The van der Waals surface area contributed by atoms with E-state index in [1.807, 2.05) is 24.5 Å². The topological polar surface area (TPSA) is 41.6 Å². The van der Waals surface area contributed by atoms with E-state index in [4.69, 9.17) is 0 Å². The quantitative estimate of drug-likeness (QED) is 0.378. The molecule has 3 heteroatoms. The highest BCUT2D eigenvalue weighted by Crippen LogP contribution is 2.33. The second-order valence-corrected chi connectivity index (χ2v) is 6.73. The van der Waals surface area contributed by atoms with Gasteiger partial charge in [-0.1, -0.05) is 42.5 Å². The summed E-state index contributed by atoms with van der Waals surface area (Å²) in [4.78, 5) is 12.8. The van der Waals surface area contributed by atoms with Gasteiger partial charge in [-0.25, -0.2) is 0 Å². The second-order valence-electron chi connectivity index (χ2n) is 6.73. The average Bonchev–Trinajstić information content (AvgIpc) is 3.12. The molecule has 1 N–H and O–H groups in total. The van der Waals surface area contributed by atoms with Gasteiger partial charge in [0, 0.05) is 51.1 Å². The molecule has 0 bridgehead atoms. The minimum atomic E-state index is 0.915. The molecule has 1 radical (unpaired) electrons. The molecule has 0 aliphatic carbocycles. The number of H-pyrrole nitrogens is 1. The van der Waals surface area contributed by atoms with Crippen LogP contribution in [0.15, 0.2) is 79.1 Å². The molecule has 3 heterocycles. The molecule has 0 spiro atoms. The zero-order valence-corrected chi connectivity index (χ0v) is 14.4. The minimum absolute atomic E-state index is 0.915. The summed E-state index contributed by atoms with van der Waals surface area (Å²) in [5, 5.41) is 5.70. The molecule has 0 amide bonds. The van der Waals surface area contributed by atoms with Crippen molar-refractivity contribution >= 4 is 43.5 Å². The van der Waals surface area contributed by atoms with Crippen molar-refractivity contribution < 1.29 is 0 Å². The summed E-state index contributed by atoms with van der Waals surface area (Å²) < 4.78 is 0. The molecule has 0 saturated heterocycles. The summed E-state index contributed by atoms with van der Waals surface area (Å²) in [5.74, 6) is 0. The highest BCUT2D eigenvalue weighted by Gasteiger charge is 2.12. The van der Waals surface area contributed by atoms with Gasteiger partial charge in [0.2, 0.25) is 0 Å². The third-order valence-electron chi connectivity index (χ3n) is 5.18. The fourth-order valence-electron chi connectivity index (χ4n) is 3.89. The first-order valence-corrected chi connectivity index (χ1v) is 8.94. The van der Waals surface area contributed by atoms with Crippen LogP contribution in [0.4, 0.5) is 0 Å². The molecule has 0 unspecified atom stereocenters. The number of pyridine rings is 2. The molecule has 0 saturated carbocycles. The highest BCUT2D eigenvalue weighted by atomic mass is 14.8. The second kappa shape index (κ2) is 5.39. The van der Waals surface area contributed by atoms with Gasteiger partial charge < -0.3 is 4.98 Å². The van der Waals surface area contributed by atoms with E-state index in [-0.39, 0.29) is 0 Å². The van der Waals surface area contributed by atoms with Crippen molar-refractivity contribution in [1.29, 1.82) is 0 Å². The molecule has 6 aromatic rings. The van der Waals surface area contributed by atoms with E-state index in [9.17, 15) is 0 Å². The van der Waals surface area contributed by atoms with Gasteiger partial charge in [0.05, 0.1) is 16.7 Å². The highest BCUT2D eigenvalue weighted by molar-refractivity contribution is 6.12. The lowest BCUT2D eigenvalue weighted by molar-refractivity contribution is 1.34. The Labute approximate surface area is 155 Å². The molecule has 3 aromatic carbocycles. The molecule has 0 fully saturated rings. The van der Waals surface area contributed by atoms with Crippen molar-refractivity contribution in [2.75, 3.05) is 0 Å². The molecule has 3 nitrogen and oxygen atoms in total. The van der Waals surface area contributed by atoms with Gasteiger partial charge in [-0.3, -0.25) is 9.97 Å². The van der Waals surface area contributed by atoms with Gasteiger partial charge >= 0.3 is 0 Å². The van der Waals surface area contributed by atoms with Crippen LogP contribution < -0.4 is 0 Å². The van der Waals surface area contributed by atoms with E-state index in [0.29, 0.717) is 0 Å². The van der Waals surface area contributed by atoms with Crippen molar-refractivity contribution in [3.05, 3.63) is 85.2 Å². The summed E-state index contributed by atoms with van der Waals surface area (Å²) >= 11 is 0. The number of aromatic amines is 1. The van der Waals surface area contributed by atoms with Crippen LogP contribution in [0.5, 0.6) is 0 Å². The number of hydrogen-bond acceptors (Lipinski definition) is 2. The number of hydrogen-bond donors (Lipinski definition) is 1. The molecule has 0 atom stereocenters. The van der Waals surface area contributed by atoms with Gasteiger partial charge in [0.15, 0.2) is 0 Å². The van der Waals surface area contributed by atoms with Gasteiger partial charge in [-0.05, 0) is 29.7 Å². The van der Waals surface area contributed by atoms with Crippen LogP contribution in [0.2, 0.25) is 0 Å². The molecule has 0 aliphatic rings. The van der Waals surface area contributed by atoms with Crippen molar-refractivity contribution in [2.45, 2.75) is 0 Å². The van der Waals surface area contributed by atoms with Crippen LogP contribution in [0.25, 0.3) is 54.7 Å². The standard InChI is InChI=1S/C24H14N3/c1-2-6-17-16(5-1)14-26-21-10-9-15(13-20(17)21)23-24-19(11-12-25-23)18-7-3-4-8-22(18)27-24/h1-12,14,27H. The Balaban J connectivity index is 1.69. The maximum atomic E-state index is 4.68. The Hall–Kier alpha value is -3.72. The largest absolute Gasteiger partial charge is 0.353 e. The van der Waals surface area contributed by atoms with Crippen molar-refractivity contribution in [2.24, 2.45) is 0 Å². The fourth-order valence-corrected chi connectivity index (χ4v) is 3.89. The Bertz CT molecular complexity index is 1480. The summed E-state index contributed by atoms with van der Waals surface area (Å²) in [7, 11) is 0. The summed E-state index contributed by atoms with van der Waals surface area (Å²) in [6.07, 6.45) is 3.79. The van der Waals surface area contributed by atoms with E-state index in [1.54, 1.807) is 0 Å². The van der Waals surface area contributed by atoms with Crippen LogP contribution in [-0.2, 0) is 0 Å². The predicted molar refractivity (Wildman–Crippen MR) is 111 cm³/mol.